The standard InChI is InChI=1S/C15H15ClFN3O3S2.C14H20ClNO2.C11H13Cl2NO3.C3H8NO5P.C3H9S/c1-23-13(21)8-24-12-7-11(10(17)6-9(12)16)18-14-19-4-2-3-5-20(19)15(22)25-14;1-4-12-8-6-7-11(3)14(12)16(10-18-5-2)13(17)9-15;1-11(2)14(10(15)9(12)13)6-8(17-11)7-4-3-5-16-7;5-3(6)1-4-2-10(7,8)9;1-4(2)3/h6-7H,2-5,8H2,1H3;6-8H,4-5,9-10H2,1-3H3;3-5,8-9H,6H2,1-2H3;4H,1-2H2,(H,5,6)(H2,7,8,9);1-3H3/q;;;;+1/p-1. The zero-order valence-electron chi connectivity index (χ0n) is 42.4. The highest BCUT2D eigenvalue weighted by atomic mass is 35.5. The summed E-state index contributed by atoms with van der Waals surface area (Å²) >= 11 is 25.1. The van der Waals surface area contributed by atoms with Crippen LogP contribution in [0.3, 0.4) is 0 Å². The summed E-state index contributed by atoms with van der Waals surface area (Å²) in [6.45, 7) is 11.6. The number of carboxylic acids is 1. The molecule has 2 aromatic carbocycles. The number of hydrogen-bond donors (Lipinski definition) is 3. The van der Waals surface area contributed by atoms with Crippen molar-refractivity contribution >= 4 is 123 Å². The second-order valence-electron chi connectivity index (χ2n) is 16.5. The lowest BCUT2D eigenvalue weighted by Gasteiger charge is -2.29. The number of para-hydroxylation sites is 1. The first-order valence-electron chi connectivity index (χ1n) is 22.5. The fraction of sp³-hybridized carbons (Fsp3) is 0.522. The SMILES string of the molecule is CC1(C)OC(c2ccco2)CN1C(=O)C(Cl)Cl.CCOCN(C(=O)CCl)c1c(C)cccc1CC.COC(=O)CSc1cc(N=c2sc(=O)n3n2CCCC3)c(F)cc1Cl.C[S+](C)C.O=C(O)CNCP(=O)([O-])O. The minimum Gasteiger partial charge on any atom is -0.778 e. The summed E-state index contributed by atoms with van der Waals surface area (Å²) < 4.78 is 48.6. The van der Waals surface area contributed by atoms with Gasteiger partial charge < -0.3 is 43.0 Å². The molecule has 4 aromatic rings. The van der Waals surface area contributed by atoms with E-state index >= 15 is 0 Å². The van der Waals surface area contributed by atoms with Crippen molar-refractivity contribution in [3.63, 3.8) is 0 Å². The molecule has 3 N–H and O–H groups in total. The van der Waals surface area contributed by atoms with E-state index in [1.165, 1.54) is 18.1 Å². The molecule has 74 heavy (non-hydrogen) atoms. The van der Waals surface area contributed by atoms with Crippen molar-refractivity contribution in [1.82, 2.24) is 19.6 Å². The second kappa shape index (κ2) is 33.0. The topological polar surface area (TPSA) is 248 Å². The zero-order chi connectivity index (χ0) is 55.9. The van der Waals surface area contributed by atoms with E-state index in [2.05, 4.69) is 35.4 Å². The van der Waals surface area contributed by atoms with Crippen molar-refractivity contribution in [3.05, 3.63) is 90.9 Å². The normalized spacial score (nSPS) is 15.5. The van der Waals surface area contributed by atoms with Crippen molar-refractivity contribution in [2.45, 2.75) is 88.5 Å². The molecule has 6 rings (SSSR count). The van der Waals surface area contributed by atoms with Crippen molar-refractivity contribution in [3.8, 4) is 0 Å². The first-order valence-corrected chi connectivity index (χ1v) is 30.3. The van der Waals surface area contributed by atoms with Crippen LogP contribution in [0, 0.1) is 12.7 Å². The smallest absolute Gasteiger partial charge is 0.325 e. The maximum absolute atomic E-state index is 14.3. The summed E-state index contributed by atoms with van der Waals surface area (Å²) in [5, 5.41) is 10.2. The third kappa shape index (κ3) is 22.7. The molecular formula is C46H64Cl4FN6O13PS3. The molecule has 28 heteroatoms. The number of alkyl halides is 3. The number of benzene rings is 2. The predicted octanol–water partition coefficient (Wildman–Crippen LogP) is 7.30. The zero-order valence-corrected chi connectivity index (χ0v) is 48.8. The Hall–Kier alpha value is -3.42. The highest BCUT2D eigenvalue weighted by Crippen LogP contribution is 2.37. The number of esters is 1. The number of carbonyl (C=O) groups excluding carboxylic acids is 3. The lowest BCUT2D eigenvalue weighted by molar-refractivity contribution is -0.193. The van der Waals surface area contributed by atoms with Gasteiger partial charge in [0.1, 0.15) is 49.3 Å². The van der Waals surface area contributed by atoms with E-state index in [0.717, 1.165) is 65.2 Å². The maximum Gasteiger partial charge on any atom is 0.325 e. The lowest BCUT2D eigenvalue weighted by Crippen LogP contribution is -2.45. The van der Waals surface area contributed by atoms with E-state index in [1.54, 1.807) is 40.4 Å². The Morgan fingerprint density at radius 3 is 2.31 bits per heavy atom. The second-order valence-corrected chi connectivity index (χ2v) is 24.2. The average molecular weight is 1200 g/mol. The van der Waals surface area contributed by atoms with Gasteiger partial charge in [0.25, 0.3) is 5.91 Å². The molecule has 0 spiro atoms. The Bertz CT molecular complexity index is 2610. The molecule has 1 saturated heterocycles. The van der Waals surface area contributed by atoms with Crippen LogP contribution in [-0.4, -0.2) is 129 Å². The molecule has 2 aliphatic rings. The molecule has 0 bridgehead atoms. The minimum absolute atomic E-state index is 0.0371. The number of rotatable bonds is 16. The van der Waals surface area contributed by atoms with Crippen molar-refractivity contribution in [1.29, 1.82) is 0 Å². The van der Waals surface area contributed by atoms with Crippen LogP contribution in [-0.2, 0) is 68.4 Å². The van der Waals surface area contributed by atoms with Crippen molar-refractivity contribution in [2.24, 2.45) is 4.99 Å². The van der Waals surface area contributed by atoms with Gasteiger partial charge in [-0.2, -0.15) is 0 Å². The van der Waals surface area contributed by atoms with Crippen LogP contribution in [0.15, 0.2) is 67.8 Å². The molecule has 19 nitrogen and oxygen atoms in total. The molecule has 2 atom stereocenters. The van der Waals surface area contributed by atoms with Gasteiger partial charge in [-0.3, -0.25) is 38.9 Å². The van der Waals surface area contributed by atoms with Gasteiger partial charge in [-0.15, -0.1) is 23.4 Å². The molecule has 2 amide bonds. The number of halogens is 5. The third-order valence-corrected chi connectivity index (χ3v) is 13.4. The number of ether oxygens (including phenoxy) is 3. The molecule has 2 unspecified atom stereocenters. The largest absolute Gasteiger partial charge is 0.778 e. The Kier molecular flexibility index (Phi) is 29.7. The van der Waals surface area contributed by atoms with Crippen LogP contribution in [0.4, 0.5) is 15.8 Å². The van der Waals surface area contributed by atoms with Gasteiger partial charge in [-0.05, 0) is 105 Å². The number of furan rings is 1. The van der Waals surface area contributed by atoms with Crippen molar-refractivity contribution < 1.29 is 61.7 Å². The van der Waals surface area contributed by atoms with E-state index in [1.807, 2.05) is 43.4 Å². The van der Waals surface area contributed by atoms with E-state index in [-0.39, 0.29) is 51.9 Å². The number of nitrogens with zero attached hydrogens (tertiary/aromatic N) is 5. The highest BCUT2D eigenvalue weighted by molar-refractivity contribution is 8.00. The van der Waals surface area contributed by atoms with Gasteiger partial charge in [0.15, 0.2) is 4.84 Å². The Morgan fingerprint density at radius 1 is 1.12 bits per heavy atom. The predicted molar refractivity (Wildman–Crippen MR) is 290 cm³/mol. The molecule has 4 heterocycles. The van der Waals surface area contributed by atoms with Crippen LogP contribution >= 0.6 is 77.1 Å². The number of aliphatic carboxylic acids is 1. The Morgan fingerprint density at radius 2 is 1.77 bits per heavy atom. The molecule has 2 aliphatic heterocycles. The number of carbonyl (C=O) groups is 4. The fourth-order valence-electron chi connectivity index (χ4n) is 6.57. The lowest BCUT2D eigenvalue weighted by atomic mass is 10.0. The number of aryl methyl sites for hydroxylation is 2. The van der Waals surface area contributed by atoms with Crippen molar-refractivity contribution in [2.75, 3.05) is 75.1 Å². The van der Waals surface area contributed by atoms with Crippen LogP contribution in [0.2, 0.25) is 5.02 Å². The minimum atomic E-state index is -4.35. The number of anilines is 1. The van der Waals surface area contributed by atoms with E-state index in [0.29, 0.717) is 52.6 Å². The van der Waals surface area contributed by atoms with Crippen LogP contribution in [0.1, 0.15) is 63.5 Å². The number of carboxylic acid groups (broad SMARTS) is 1. The van der Waals surface area contributed by atoms with E-state index < -0.39 is 48.7 Å². The Labute approximate surface area is 461 Å². The summed E-state index contributed by atoms with van der Waals surface area (Å²) in [4.78, 5) is 82.1. The molecule has 2 aromatic heterocycles. The van der Waals surface area contributed by atoms with Crippen LogP contribution < -0.4 is 24.8 Å². The van der Waals surface area contributed by atoms with E-state index in [9.17, 15) is 37.8 Å². The molecule has 0 saturated carbocycles. The molecule has 0 radical (unpaired) electrons. The Balaban J connectivity index is 0.000000343. The maximum atomic E-state index is 14.3. The number of methoxy groups -OCH3 is 1. The summed E-state index contributed by atoms with van der Waals surface area (Å²) in [5.41, 5.74) is 2.47. The van der Waals surface area contributed by atoms with Gasteiger partial charge in [-0.25, -0.2) is 14.1 Å². The van der Waals surface area contributed by atoms with Gasteiger partial charge in [0.2, 0.25) is 10.7 Å². The van der Waals surface area contributed by atoms with Crippen LogP contribution in [0.5, 0.6) is 0 Å². The van der Waals surface area contributed by atoms with E-state index in [4.69, 9.17) is 70.3 Å². The molecule has 0 aliphatic carbocycles. The number of hydrogen-bond acceptors (Lipinski definition) is 15. The van der Waals surface area contributed by atoms with Gasteiger partial charge in [0.05, 0.1) is 68.0 Å². The summed E-state index contributed by atoms with van der Waals surface area (Å²) in [6.07, 6.45) is 9.93. The summed E-state index contributed by atoms with van der Waals surface area (Å²) in [6, 6.07) is 12.3. The quantitative estimate of drug-likeness (QED) is 0.0249. The number of amides is 2. The number of fused-ring (bicyclic) bond motifs is 1. The number of thioether (sulfide) groups is 1. The third-order valence-electron chi connectivity index (χ3n) is 9.82. The van der Waals surface area contributed by atoms with Gasteiger partial charge >= 0.3 is 16.8 Å². The summed E-state index contributed by atoms with van der Waals surface area (Å²) in [5.74, 6) is -1.93. The summed E-state index contributed by atoms with van der Waals surface area (Å²) in [7, 11) is -2.41. The number of nitrogens with one attached hydrogen (secondary N) is 1. The fourth-order valence-corrected chi connectivity index (χ4v) is 9.33. The first-order chi connectivity index (χ1) is 34.7. The number of aromatic nitrogens is 2. The molecular weight excluding hydrogens is 1130 g/mol. The van der Waals surface area contributed by atoms with Gasteiger partial charge in [-0.1, -0.05) is 59.9 Å². The molecule has 414 valence electrons. The monoisotopic (exact) mass is 1190 g/mol. The van der Waals surface area contributed by atoms with Crippen LogP contribution in [0.25, 0.3) is 0 Å². The van der Waals surface area contributed by atoms with Gasteiger partial charge in [0, 0.05) is 24.6 Å². The highest BCUT2D eigenvalue weighted by Gasteiger charge is 2.45. The molecule has 1 fully saturated rings. The first kappa shape index (κ1) is 66.7. The average Bonchev–Trinajstić information content (AvgIpc) is 4.07.